The lowest BCUT2D eigenvalue weighted by atomic mass is 9.83. The predicted molar refractivity (Wildman–Crippen MR) is 82.9 cm³/mol. The Balaban J connectivity index is 2.02. The van der Waals surface area contributed by atoms with Gasteiger partial charge in [0.2, 0.25) is 0 Å². The second-order valence-corrected chi connectivity index (χ2v) is 5.75. The van der Waals surface area contributed by atoms with Crippen LogP contribution in [-0.4, -0.2) is 34.4 Å². The first kappa shape index (κ1) is 14.6. The number of para-hydroxylation sites is 1. The van der Waals surface area contributed by atoms with E-state index < -0.39 is 18.5 Å². The topological polar surface area (TPSA) is 82.0 Å². The molecule has 1 heterocycles. The highest BCUT2D eigenvalue weighted by Crippen LogP contribution is 2.31. The molecule has 1 aromatic rings. The highest BCUT2D eigenvalue weighted by atomic mass is 16.4. The molecule has 1 aliphatic carbocycles. The van der Waals surface area contributed by atoms with Crippen molar-refractivity contribution >= 4 is 23.4 Å². The maximum atomic E-state index is 12.2. The summed E-state index contributed by atoms with van der Waals surface area (Å²) < 4.78 is 0. The molecule has 6 nitrogen and oxygen atoms in total. The summed E-state index contributed by atoms with van der Waals surface area (Å²) in [6, 6.07) is 7.03. The van der Waals surface area contributed by atoms with Crippen molar-refractivity contribution in [2.24, 2.45) is 11.0 Å². The fourth-order valence-corrected chi connectivity index (χ4v) is 3.14. The molecule has 0 unspecified atom stereocenters. The number of amides is 2. The van der Waals surface area contributed by atoms with Crippen molar-refractivity contribution in [1.82, 2.24) is 5.01 Å². The van der Waals surface area contributed by atoms with Gasteiger partial charge in [0.15, 0.2) is 0 Å². The number of hydrazone groups is 1. The van der Waals surface area contributed by atoms with E-state index in [4.69, 9.17) is 5.11 Å². The lowest BCUT2D eigenvalue weighted by Crippen LogP contribution is -2.34. The molecule has 0 aromatic heterocycles. The number of nitrogens with one attached hydrogen (secondary N) is 1. The molecule has 1 aromatic carbocycles. The minimum atomic E-state index is -1.08. The standard InChI is InChI=1S/C16H19N3O3/c20-14(21)10-19-16(22)17-13-9-5-4-8-12(13)15(18-19)11-6-2-1-3-7-11/h4-5,8-9,11H,1-3,6-7,10H2,(H,17,22)(H,20,21). The molecular formula is C16H19N3O3. The van der Waals surface area contributed by atoms with E-state index in [1.165, 1.54) is 6.42 Å². The van der Waals surface area contributed by atoms with E-state index in [1.807, 2.05) is 24.3 Å². The molecule has 2 amide bonds. The van der Waals surface area contributed by atoms with E-state index in [-0.39, 0.29) is 5.92 Å². The van der Waals surface area contributed by atoms with Gasteiger partial charge in [0.1, 0.15) is 6.54 Å². The van der Waals surface area contributed by atoms with Crippen LogP contribution in [0.1, 0.15) is 37.7 Å². The molecule has 3 rings (SSSR count). The number of nitrogens with zero attached hydrogens (tertiary/aromatic N) is 2. The maximum absolute atomic E-state index is 12.2. The number of carbonyl (C=O) groups excluding carboxylic acids is 1. The van der Waals surface area contributed by atoms with Crippen molar-refractivity contribution in [2.45, 2.75) is 32.1 Å². The second-order valence-electron chi connectivity index (χ2n) is 5.75. The molecule has 0 atom stereocenters. The van der Waals surface area contributed by atoms with Gasteiger partial charge in [0.25, 0.3) is 0 Å². The Kier molecular flexibility index (Phi) is 4.09. The quantitative estimate of drug-likeness (QED) is 0.900. The summed E-state index contributed by atoms with van der Waals surface area (Å²) in [6.07, 6.45) is 5.57. The Morgan fingerprint density at radius 3 is 2.73 bits per heavy atom. The normalized spacial score (nSPS) is 19.0. The van der Waals surface area contributed by atoms with Gasteiger partial charge in [-0.3, -0.25) is 4.79 Å². The van der Waals surface area contributed by atoms with Crippen molar-refractivity contribution in [3.05, 3.63) is 29.8 Å². The zero-order valence-electron chi connectivity index (χ0n) is 12.3. The molecular weight excluding hydrogens is 282 g/mol. The number of carboxylic acids is 1. The van der Waals surface area contributed by atoms with Gasteiger partial charge in [-0.1, -0.05) is 37.5 Å². The molecule has 0 bridgehead atoms. The third-order valence-electron chi connectivity index (χ3n) is 4.18. The van der Waals surface area contributed by atoms with Crippen LogP contribution in [-0.2, 0) is 4.79 Å². The van der Waals surface area contributed by atoms with Crippen LogP contribution < -0.4 is 5.32 Å². The molecule has 2 N–H and O–H groups in total. The maximum Gasteiger partial charge on any atom is 0.342 e. The summed E-state index contributed by atoms with van der Waals surface area (Å²) in [5.74, 6) is -0.799. The fraction of sp³-hybridized carbons (Fsp3) is 0.438. The van der Waals surface area contributed by atoms with E-state index in [0.717, 1.165) is 42.0 Å². The number of aliphatic carboxylic acids is 1. The third-order valence-corrected chi connectivity index (χ3v) is 4.18. The van der Waals surface area contributed by atoms with Crippen LogP contribution in [0.25, 0.3) is 0 Å². The Labute approximate surface area is 128 Å². The van der Waals surface area contributed by atoms with Crippen LogP contribution >= 0.6 is 0 Å². The van der Waals surface area contributed by atoms with Crippen LogP contribution in [0.3, 0.4) is 0 Å². The average Bonchev–Trinajstić information content (AvgIpc) is 2.65. The van der Waals surface area contributed by atoms with Crippen molar-refractivity contribution in [3.8, 4) is 0 Å². The molecule has 0 saturated heterocycles. The van der Waals surface area contributed by atoms with Crippen molar-refractivity contribution in [3.63, 3.8) is 0 Å². The number of rotatable bonds is 3. The summed E-state index contributed by atoms with van der Waals surface area (Å²) in [7, 11) is 0. The first-order chi connectivity index (χ1) is 10.6. The summed E-state index contributed by atoms with van der Waals surface area (Å²) in [4.78, 5) is 23.2. The van der Waals surface area contributed by atoms with Crippen LogP contribution in [0.2, 0.25) is 0 Å². The monoisotopic (exact) mass is 301 g/mol. The molecule has 2 aliphatic rings. The highest BCUT2D eigenvalue weighted by Gasteiger charge is 2.29. The van der Waals surface area contributed by atoms with E-state index >= 15 is 0 Å². The van der Waals surface area contributed by atoms with Crippen molar-refractivity contribution in [1.29, 1.82) is 0 Å². The summed E-state index contributed by atoms with van der Waals surface area (Å²) >= 11 is 0. The van der Waals surface area contributed by atoms with Gasteiger partial charge in [-0.25, -0.2) is 9.80 Å². The van der Waals surface area contributed by atoms with E-state index in [9.17, 15) is 9.59 Å². The van der Waals surface area contributed by atoms with E-state index in [1.54, 1.807) is 0 Å². The molecule has 116 valence electrons. The highest BCUT2D eigenvalue weighted by molar-refractivity contribution is 6.11. The van der Waals surface area contributed by atoms with Gasteiger partial charge in [0.05, 0.1) is 11.4 Å². The van der Waals surface area contributed by atoms with Gasteiger partial charge in [-0.05, 0) is 18.9 Å². The number of carboxylic acid groups (broad SMARTS) is 1. The largest absolute Gasteiger partial charge is 0.480 e. The Hall–Kier alpha value is -2.37. The summed E-state index contributed by atoms with van der Waals surface area (Å²) in [5, 5.41) is 17.2. The zero-order valence-corrected chi connectivity index (χ0v) is 12.3. The molecule has 1 aliphatic heterocycles. The number of anilines is 1. The number of hydrogen-bond donors (Lipinski definition) is 2. The lowest BCUT2D eigenvalue weighted by Gasteiger charge is -2.24. The van der Waals surface area contributed by atoms with Crippen LogP contribution in [0.5, 0.6) is 0 Å². The molecule has 6 heteroatoms. The average molecular weight is 301 g/mol. The molecule has 0 spiro atoms. The number of benzene rings is 1. The summed E-state index contributed by atoms with van der Waals surface area (Å²) in [6.45, 7) is -0.434. The number of carbonyl (C=O) groups is 2. The molecule has 22 heavy (non-hydrogen) atoms. The lowest BCUT2D eigenvalue weighted by molar-refractivity contribution is -0.137. The fourth-order valence-electron chi connectivity index (χ4n) is 3.14. The van der Waals surface area contributed by atoms with Gasteiger partial charge >= 0.3 is 12.0 Å². The Morgan fingerprint density at radius 2 is 2.00 bits per heavy atom. The minimum Gasteiger partial charge on any atom is -0.480 e. The van der Waals surface area contributed by atoms with Gasteiger partial charge in [-0.15, -0.1) is 0 Å². The SMILES string of the molecule is O=C(O)CN1N=C(C2CCCCC2)c2ccccc2NC1=O. The molecule has 1 fully saturated rings. The Morgan fingerprint density at radius 1 is 1.27 bits per heavy atom. The molecule has 0 radical (unpaired) electrons. The molecule has 1 saturated carbocycles. The Bertz CT molecular complexity index is 621. The third kappa shape index (κ3) is 2.95. The van der Waals surface area contributed by atoms with Gasteiger partial charge in [0, 0.05) is 11.5 Å². The van der Waals surface area contributed by atoms with Crippen LogP contribution in [0.15, 0.2) is 29.4 Å². The van der Waals surface area contributed by atoms with E-state index in [2.05, 4.69) is 10.4 Å². The minimum absolute atomic E-state index is 0.277. The smallest absolute Gasteiger partial charge is 0.342 e. The number of urea groups is 1. The van der Waals surface area contributed by atoms with Crippen LogP contribution in [0, 0.1) is 5.92 Å². The van der Waals surface area contributed by atoms with E-state index in [0.29, 0.717) is 5.69 Å². The first-order valence-corrected chi connectivity index (χ1v) is 7.63. The number of hydrogen-bond acceptors (Lipinski definition) is 3. The van der Waals surface area contributed by atoms with Crippen molar-refractivity contribution in [2.75, 3.05) is 11.9 Å². The van der Waals surface area contributed by atoms with Gasteiger partial charge < -0.3 is 10.4 Å². The summed E-state index contributed by atoms with van der Waals surface area (Å²) in [5.41, 5.74) is 2.43. The van der Waals surface area contributed by atoms with Crippen molar-refractivity contribution < 1.29 is 14.7 Å². The number of fused-ring (bicyclic) bond motifs is 1. The van der Waals surface area contributed by atoms with Crippen LogP contribution in [0.4, 0.5) is 10.5 Å². The second kappa shape index (κ2) is 6.17. The predicted octanol–water partition coefficient (Wildman–Crippen LogP) is 2.90. The first-order valence-electron chi connectivity index (χ1n) is 7.63. The zero-order chi connectivity index (χ0) is 15.5. The van der Waals surface area contributed by atoms with Gasteiger partial charge in [-0.2, -0.15) is 5.10 Å².